The average Bonchev–Trinajstić information content (AvgIpc) is 2.46. The van der Waals surface area contributed by atoms with Gasteiger partial charge in [-0.2, -0.15) is 0 Å². The van der Waals surface area contributed by atoms with E-state index in [1.54, 1.807) is 0 Å². The molecular formula is C13H21N3O2. The molecule has 100 valence electrons. The van der Waals surface area contributed by atoms with Gasteiger partial charge in [-0.1, -0.05) is 13.8 Å². The number of hydrogen-bond donors (Lipinski definition) is 2. The van der Waals surface area contributed by atoms with E-state index in [0.717, 1.165) is 25.9 Å². The van der Waals surface area contributed by atoms with E-state index in [2.05, 4.69) is 24.1 Å². The van der Waals surface area contributed by atoms with Gasteiger partial charge < -0.3 is 11.1 Å². The van der Waals surface area contributed by atoms with Crippen molar-refractivity contribution in [3.05, 3.63) is 0 Å². The smallest absolute Gasteiger partial charge is 0.245 e. The summed E-state index contributed by atoms with van der Waals surface area (Å²) in [4.78, 5) is 26.2. The molecule has 18 heavy (non-hydrogen) atoms. The van der Waals surface area contributed by atoms with E-state index < -0.39 is 5.54 Å². The summed E-state index contributed by atoms with van der Waals surface area (Å²) >= 11 is 0. The summed E-state index contributed by atoms with van der Waals surface area (Å²) in [6, 6.07) is 0.110. The van der Waals surface area contributed by atoms with Crippen molar-refractivity contribution in [1.29, 1.82) is 0 Å². The molecule has 4 aliphatic rings. The van der Waals surface area contributed by atoms with Gasteiger partial charge in [0.25, 0.3) is 0 Å². The number of nitrogens with one attached hydrogen (secondary N) is 1. The lowest BCUT2D eigenvalue weighted by Crippen LogP contribution is -2.74. The molecule has 3 heterocycles. The molecule has 0 aromatic heterocycles. The van der Waals surface area contributed by atoms with Crippen LogP contribution in [0.1, 0.15) is 26.7 Å². The molecule has 0 spiro atoms. The van der Waals surface area contributed by atoms with Gasteiger partial charge >= 0.3 is 0 Å². The first kappa shape index (κ1) is 12.0. The van der Waals surface area contributed by atoms with Gasteiger partial charge in [-0.15, -0.1) is 0 Å². The monoisotopic (exact) mass is 251 g/mol. The summed E-state index contributed by atoms with van der Waals surface area (Å²) < 4.78 is 0. The van der Waals surface area contributed by atoms with E-state index in [1.165, 1.54) is 0 Å². The highest BCUT2D eigenvalue weighted by Crippen LogP contribution is 2.49. The zero-order chi connectivity index (χ0) is 13.1. The number of rotatable bonds is 3. The summed E-state index contributed by atoms with van der Waals surface area (Å²) in [7, 11) is 0. The molecule has 4 fully saturated rings. The van der Waals surface area contributed by atoms with Gasteiger partial charge in [-0.05, 0) is 18.8 Å². The second-order valence-corrected chi connectivity index (χ2v) is 6.45. The molecule has 4 unspecified atom stereocenters. The number of carbonyl (C=O) groups excluding carboxylic acids is 2. The minimum Gasteiger partial charge on any atom is -0.368 e. The van der Waals surface area contributed by atoms with E-state index in [1.807, 2.05) is 0 Å². The van der Waals surface area contributed by atoms with E-state index in [4.69, 9.17) is 5.73 Å². The number of likely N-dealkylation sites (tertiary alicyclic amines) is 1. The van der Waals surface area contributed by atoms with Crippen molar-refractivity contribution in [1.82, 2.24) is 10.2 Å². The van der Waals surface area contributed by atoms with Crippen LogP contribution in [0.15, 0.2) is 0 Å². The minimum absolute atomic E-state index is 0.0210. The van der Waals surface area contributed by atoms with Crippen molar-refractivity contribution in [2.24, 2.45) is 23.5 Å². The predicted octanol–water partition coefficient (Wildman–Crippen LogP) is -0.293. The Kier molecular flexibility index (Phi) is 2.46. The Morgan fingerprint density at radius 2 is 2.28 bits per heavy atom. The zero-order valence-electron chi connectivity index (χ0n) is 11.0. The molecule has 3 aliphatic heterocycles. The van der Waals surface area contributed by atoms with Gasteiger partial charge in [-0.3, -0.25) is 14.5 Å². The van der Waals surface area contributed by atoms with E-state index in [0.29, 0.717) is 5.92 Å². The maximum atomic E-state index is 12.0. The Bertz CT molecular complexity index is 409. The number of fused-ring (bicyclic) bond motifs is 1. The molecule has 1 aliphatic carbocycles. The van der Waals surface area contributed by atoms with Gasteiger partial charge in [0.2, 0.25) is 11.8 Å². The third-order valence-corrected chi connectivity index (χ3v) is 4.85. The normalized spacial score (nSPS) is 42.4. The van der Waals surface area contributed by atoms with Gasteiger partial charge in [0, 0.05) is 31.0 Å². The van der Waals surface area contributed by atoms with Crippen LogP contribution in [0.4, 0.5) is 0 Å². The van der Waals surface area contributed by atoms with Gasteiger partial charge in [0.1, 0.15) is 5.54 Å². The first-order valence-electron chi connectivity index (χ1n) is 6.81. The van der Waals surface area contributed by atoms with Crippen LogP contribution in [-0.2, 0) is 9.59 Å². The fraction of sp³-hybridized carbons (Fsp3) is 0.846. The van der Waals surface area contributed by atoms with Crippen molar-refractivity contribution < 1.29 is 9.59 Å². The molecule has 3 saturated heterocycles. The molecule has 0 aromatic rings. The lowest BCUT2D eigenvalue weighted by molar-refractivity contribution is -0.147. The molecule has 5 nitrogen and oxygen atoms in total. The molecule has 5 heteroatoms. The maximum absolute atomic E-state index is 12.0. The maximum Gasteiger partial charge on any atom is 0.245 e. The molecular weight excluding hydrogens is 230 g/mol. The molecule has 0 aromatic carbocycles. The van der Waals surface area contributed by atoms with Gasteiger partial charge in [0.15, 0.2) is 0 Å². The van der Waals surface area contributed by atoms with Crippen molar-refractivity contribution in [3.8, 4) is 0 Å². The lowest BCUT2D eigenvalue weighted by atomic mass is 9.64. The average molecular weight is 251 g/mol. The Hall–Kier alpha value is -1.10. The Labute approximate surface area is 107 Å². The van der Waals surface area contributed by atoms with Gasteiger partial charge in [-0.25, -0.2) is 0 Å². The Balaban J connectivity index is 1.95. The van der Waals surface area contributed by atoms with Crippen LogP contribution in [0.3, 0.4) is 0 Å². The highest BCUT2D eigenvalue weighted by molar-refractivity contribution is 5.95. The second-order valence-electron chi connectivity index (χ2n) is 6.45. The fourth-order valence-corrected chi connectivity index (χ4v) is 4.22. The van der Waals surface area contributed by atoms with Gasteiger partial charge in [0.05, 0.1) is 0 Å². The molecule has 1 saturated carbocycles. The lowest BCUT2D eigenvalue weighted by Gasteiger charge is -2.50. The number of hydrogen-bond acceptors (Lipinski definition) is 3. The first-order valence-corrected chi connectivity index (χ1v) is 6.81. The van der Waals surface area contributed by atoms with Crippen LogP contribution < -0.4 is 11.1 Å². The van der Waals surface area contributed by atoms with Crippen molar-refractivity contribution in [2.45, 2.75) is 38.3 Å². The van der Waals surface area contributed by atoms with E-state index in [-0.39, 0.29) is 29.7 Å². The number of nitrogens with zero attached hydrogens (tertiary/aromatic N) is 1. The molecule has 4 bridgehead atoms. The first-order chi connectivity index (χ1) is 8.45. The van der Waals surface area contributed by atoms with Crippen LogP contribution in [0, 0.1) is 17.8 Å². The summed E-state index contributed by atoms with van der Waals surface area (Å²) in [5, 5.41) is 2.94. The SMILES string of the molecule is CC(C)CN1CC2CC3CC1C2(C(N)=O)NC3=O. The highest BCUT2D eigenvalue weighted by atomic mass is 16.2. The number of nitrogens with two attached hydrogens (primary N) is 1. The topological polar surface area (TPSA) is 75.4 Å². The number of amides is 2. The molecule has 4 atom stereocenters. The molecule has 4 rings (SSSR count). The van der Waals surface area contributed by atoms with Crippen molar-refractivity contribution >= 4 is 11.8 Å². The summed E-state index contributed by atoms with van der Waals surface area (Å²) in [5.74, 6) is 0.514. The summed E-state index contributed by atoms with van der Waals surface area (Å²) in [5.41, 5.74) is 4.84. The Morgan fingerprint density at radius 3 is 2.89 bits per heavy atom. The van der Waals surface area contributed by atoms with Crippen LogP contribution in [0.25, 0.3) is 0 Å². The highest BCUT2D eigenvalue weighted by Gasteiger charge is 2.66. The second kappa shape index (κ2) is 3.70. The van der Waals surface area contributed by atoms with Crippen LogP contribution in [-0.4, -0.2) is 41.4 Å². The predicted molar refractivity (Wildman–Crippen MR) is 66.5 cm³/mol. The van der Waals surface area contributed by atoms with Crippen molar-refractivity contribution in [2.75, 3.05) is 13.1 Å². The van der Waals surface area contributed by atoms with Crippen LogP contribution in [0.5, 0.6) is 0 Å². The number of carbonyl (C=O) groups is 2. The zero-order valence-corrected chi connectivity index (χ0v) is 11.0. The van der Waals surface area contributed by atoms with E-state index >= 15 is 0 Å². The quantitative estimate of drug-likeness (QED) is 0.723. The third-order valence-electron chi connectivity index (χ3n) is 4.85. The molecule has 2 amide bonds. The van der Waals surface area contributed by atoms with Crippen LogP contribution in [0.2, 0.25) is 0 Å². The number of piperidine rings is 2. The molecule has 3 N–H and O–H groups in total. The van der Waals surface area contributed by atoms with Crippen LogP contribution >= 0.6 is 0 Å². The minimum atomic E-state index is -0.791. The summed E-state index contributed by atoms with van der Waals surface area (Å²) in [6.45, 7) is 6.22. The number of primary amides is 1. The third kappa shape index (κ3) is 1.37. The largest absolute Gasteiger partial charge is 0.368 e. The fourth-order valence-electron chi connectivity index (χ4n) is 4.22. The van der Waals surface area contributed by atoms with Crippen molar-refractivity contribution in [3.63, 3.8) is 0 Å². The molecule has 0 radical (unpaired) electrons. The van der Waals surface area contributed by atoms with E-state index in [9.17, 15) is 9.59 Å². The standard InChI is InChI=1S/C13H21N3O2/c1-7(2)5-16-6-9-3-8-4-10(16)13(9,12(14)18)15-11(8)17/h7-10H,3-6H2,1-2H3,(H2,14,18)(H,15,17). The Morgan fingerprint density at radius 1 is 1.56 bits per heavy atom. The summed E-state index contributed by atoms with van der Waals surface area (Å²) in [6.07, 6.45) is 1.61.